The summed E-state index contributed by atoms with van der Waals surface area (Å²) in [5.74, 6) is 0.280. The molecule has 0 unspecified atom stereocenters. The van der Waals surface area contributed by atoms with Crippen LogP contribution in [0.3, 0.4) is 0 Å². The smallest absolute Gasteiger partial charge is 0.281 e. The summed E-state index contributed by atoms with van der Waals surface area (Å²) in [5.41, 5.74) is 0.803. The van der Waals surface area contributed by atoms with Gasteiger partial charge in [-0.15, -0.1) is 0 Å². The molecule has 3 rings (SSSR count). The third-order valence-electron chi connectivity index (χ3n) is 5.07. The van der Waals surface area contributed by atoms with Crippen LogP contribution in [-0.2, 0) is 21.5 Å². The number of phenolic OH excluding ortho intramolecular Hbond substituents is 1. The van der Waals surface area contributed by atoms with Crippen LogP contribution in [0.4, 0.5) is 0 Å². The molecule has 2 aliphatic heterocycles. The molecule has 2 fully saturated rings. The summed E-state index contributed by atoms with van der Waals surface area (Å²) < 4.78 is 33.4. The fraction of sp³-hybridized carbons (Fsp3) is 0.647. The van der Waals surface area contributed by atoms with E-state index in [0.29, 0.717) is 32.5 Å². The van der Waals surface area contributed by atoms with Crippen LogP contribution in [-0.4, -0.2) is 79.5 Å². The Morgan fingerprint density at radius 2 is 1.96 bits per heavy atom. The van der Waals surface area contributed by atoms with E-state index in [-0.39, 0.29) is 11.4 Å². The van der Waals surface area contributed by atoms with Gasteiger partial charge in [0.15, 0.2) is 0 Å². The summed E-state index contributed by atoms with van der Waals surface area (Å²) in [4.78, 5) is 2.33. The number of hydrogen-bond acceptors (Lipinski definition) is 5. The number of morpholine rings is 1. The molecule has 0 bridgehead atoms. The quantitative estimate of drug-likeness (QED) is 0.852. The van der Waals surface area contributed by atoms with Crippen molar-refractivity contribution in [2.24, 2.45) is 0 Å². The van der Waals surface area contributed by atoms with Gasteiger partial charge in [0.2, 0.25) is 0 Å². The first-order chi connectivity index (χ1) is 11.8. The van der Waals surface area contributed by atoms with E-state index >= 15 is 0 Å². The van der Waals surface area contributed by atoms with Gasteiger partial charge in [-0.05, 0) is 30.5 Å². The number of ether oxygens (including phenoxy) is 1. The maximum absolute atomic E-state index is 12.3. The molecule has 0 amide bonds. The molecule has 2 aliphatic rings. The highest BCUT2D eigenvalue weighted by Gasteiger charge is 2.42. The standard InChI is InChI=1S/C17H27N3O4S/c1-18(2)25(22,23)20-8-6-17(7-9-20)14-19(10-11-24-17)13-15-4-3-5-16(21)12-15/h3-5,12,21H,6-11,13-14H2,1-2H3. The van der Waals surface area contributed by atoms with Gasteiger partial charge in [0.25, 0.3) is 10.2 Å². The maximum atomic E-state index is 12.3. The Morgan fingerprint density at radius 1 is 1.24 bits per heavy atom. The molecule has 2 saturated heterocycles. The first-order valence-electron chi connectivity index (χ1n) is 8.63. The highest BCUT2D eigenvalue weighted by molar-refractivity contribution is 7.86. The summed E-state index contributed by atoms with van der Waals surface area (Å²) in [6.07, 6.45) is 1.41. The highest BCUT2D eigenvalue weighted by atomic mass is 32.2. The van der Waals surface area contributed by atoms with Gasteiger partial charge in [-0.1, -0.05) is 12.1 Å². The Kier molecular flexibility index (Phi) is 5.36. The van der Waals surface area contributed by atoms with Crippen molar-refractivity contribution in [3.8, 4) is 5.75 Å². The predicted octanol–water partition coefficient (Wildman–Crippen LogP) is 0.865. The molecule has 1 spiro atoms. The third-order valence-corrected chi connectivity index (χ3v) is 7.01. The van der Waals surface area contributed by atoms with Gasteiger partial charge in [-0.3, -0.25) is 4.90 Å². The molecule has 0 atom stereocenters. The van der Waals surface area contributed by atoms with E-state index in [2.05, 4.69) is 4.90 Å². The minimum atomic E-state index is -3.35. The van der Waals surface area contributed by atoms with E-state index in [1.54, 1.807) is 26.2 Å². The average molecular weight is 369 g/mol. The van der Waals surface area contributed by atoms with Crippen LogP contribution in [0.25, 0.3) is 0 Å². The van der Waals surface area contributed by atoms with Crippen LogP contribution in [0, 0.1) is 0 Å². The van der Waals surface area contributed by atoms with Crippen LogP contribution >= 0.6 is 0 Å². The van der Waals surface area contributed by atoms with Crippen molar-refractivity contribution in [2.75, 3.05) is 46.9 Å². The zero-order chi connectivity index (χ0) is 18.1. The number of phenols is 1. The average Bonchev–Trinajstić information content (AvgIpc) is 2.55. The van der Waals surface area contributed by atoms with Crippen molar-refractivity contribution >= 4 is 10.2 Å². The van der Waals surface area contributed by atoms with Crippen LogP contribution < -0.4 is 0 Å². The Balaban J connectivity index is 1.62. The van der Waals surface area contributed by atoms with E-state index in [1.165, 1.54) is 8.61 Å². The Labute approximate surface area is 150 Å². The second-order valence-electron chi connectivity index (χ2n) is 7.10. The summed E-state index contributed by atoms with van der Waals surface area (Å²) >= 11 is 0. The fourth-order valence-electron chi connectivity index (χ4n) is 3.63. The van der Waals surface area contributed by atoms with Gasteiger partial charge in [0.05, 0.1) is 12.2 Å². The Bertz CT molecular complexity index is 700. The molecule has 0 radical (unpaired) electrons. The van der Waals surface area contributed by atoms with E-state index in [1.807, 2.05) is 12.1 Å². The summed E-state index contributed by atoms with van der Waals surface area (Å²) in [5, 5.41) is 9.63. The second-order valence-corrected chi connectivity index (χ2v) is 9.24. The molecule has 0 aliphatic carbocycles. The molecular weight excluding hydrogens is 342 g/mol. The van der Waals surface area contributed by atoms with Crippen molar-refractivity contribution in [1.82, 2.24) is 13.5 Å². The summed E-state index contributed by atoms with van der Waals surface area (Å²) in [6.45, 7) is 4.02. The van der Waals surface area contributed by atoms with Gasteiger partial charge in [0, 0.05) is 46.8 Å². The van der Waals surface area contributed by atoms with Crippen molar-refractivity contribution < 1.29 is 18.3 Å². The number of piperidine rings is 1. The van der Waals surface area contributed by atoms with Gasteiger partial charge in [0.1, 0.15) is 5.75 Å². The van der Waals surface area contributed by atoms with Gasteiger partial charge >= 0.3 is 0 Å². The molecule has 8 heteroatoms. The molecule has 1 aromatic rings. The van der Waals surface area contributed by atoms with E-state index in [9.17, 15) is 13.5 Å². The monoisotopic (exact) mass is 369 g/mol. The Hall–Kier alpha value is -1.19. The van der Waals surface area contributed by atoms with Crippen LogP contribution in [0.1, 0.15) is 18.4 Å². The lowest BCUT2D eigenvalue weighted by atomic mass is 9.90. The van der Waals surface area contributed by atoms with Crippen LogP contribution in [0.15, 0.2) is 24.3 Å². The summed E-state index contributed by atoms with van der Waals surface area (Å²) in [7, 11) is -0.226. The first kappa shape index (κ1) is 18.6. The zero-order valence-electron chi connectivity index (χ0n) is 14.9. The van der Waals surface area contributed by atoms with Crippen LogP contribution in [0.5, 0.6) is 5.75 Å². The molecule has 140 valence electrons. The molecule has 0 saturated carbocycles. The van der Waals surface area contributed by atoms with Crippen molar-refractivity contribution in [3.63, 3.8) is 0 Å². The molecule has 25 heavy (non-hydrogen) atoms. The number of rotatable bonds is 4. The predicted molar refractivity (Wildman–Crippen MR) is 95.5 cm³/mol. The third kappa shape index (κ3) is 4.15. The lowest BCUT2D eigenvalue weighted by molar-refractivity contribution is -0.131. The normalized spacial score (nSPS) is 22.5. The summed E-state index contributed by atoms with van der Waals surface area (Å²) in [6, 6.07) is 7.32. The van der Waals surface area contributed by atoms with Gasteiger partial charge < -0.3 is 9.84 Å². The van der Waals surface area contributed by atoms with E-state index < -0.39 is 10.2 Å². The highest BCUT2D eigenvalue weighted by Crippen LogP contribution is 2.32. The van der Waals surface area contributed by atoms with Crippen LogP contribution in [0.2, 0.25) is 0 Å². The van der Waals surface area contributed by atoms with Crippen molar-refractivity contribution in [1.29, 1.82) is 0 Å². The maximum Gasteiger partial charge on any atom is 0.281 e. The Morgan fingerprint density at radius 3 is 2.60 bits per heavy atom. The van der Waals surface area contributed by atoms with Crippen molar-refractivity contribution in [3.05, 3.63) is 29.8 Å². The molecule has 1 N–H and O–H groups in total. The minimum absolute atomic E-state index is 0.270. The van der Waals surface area contributed by atoms with Crippen molar-refractivity contribution in [2.45, 2.75) is 25.0 Å². The topological polar surface area (TPSA) is 73.3 Å². The molecule has 1 aromatic carbocycles. The van der Waals surface area contributed by atoms with E-state index in [0.717, 1.165) is 25.2 Å². The number of hydrogen-bond donors (Lipinski definition) is 1. The largest absolute Gasteiger partial charge is 0.508 e. The van der Waals surface area contributed by atoms with E-state index in [4.69, 9.17) is 4.74 Å². The molecule has 2 heterocycles. The molecule has 7 nitrogen and oxygen atoms in total. The van der Waals surface area contributed by atoms with Gasteiger partial charge in [-0.25, -0.2) is 0 Å². The SMILES string of the molecule is CN(C)S(=O)(=O)N1CCC2(CC1)CN(Cc1cccc(O)c1)CCO2. The first-order valence-corrected chi connectivity index (χ1v) is 10.0. The molecule has 0 aromatic heterocycles. The number of benzene rings is 1. The van der Waals surface area contributed by atoms with Gasteiger partial charge in [-0.2, -0.15) is 17.0 Å². The fourth-order valence-corrected chi connectivity index (χ4v) is 4.74. The minimum Gasteiger partial charge on any atom is -0.508 e. The number of nitrogens with zero attached hydrogens (tertiary/aromatic N) is 3. The lowest BCUT2D eigenvalue weighted by Gasteiger charge is -2.47. The molecular formula is C17H27N3O4S. The zero-order valence-corrected chi connectivity index (χ0v) is 15.7. The second kappa shape index (κ2) is 7.20. The number of aromatic hydroxyl groups is 1. The lowest BCUT2D eigenvalue weighted by Crippen LogP contribution is -2.58.